The van der Waals surface area contributed by atoms with Gasteiger partial charge in [-0.3, -0.25) is 4.79 Å². The summed E-state index contributed by atoms with van der Waals surface area (Å²) >= 11 is 1.69. The van der Waals surface area contributed by atoms with Gasteiger partial charge >= 0.3 is 0 Å². The molecule has 2 nitrogen and oxygen atoms in total. The first kappa shape index (κ1) is 14.1. The molecule has 0 radical (unpaired) electrons. The second-order valence-electron chi connectivity index (χ2n) is 5.06. The highest BCUT2D eigenvalue weighted by molar-refractivity contribution is 8.01. The SMILES string of the molecule is CC[C@@]1(c2ccccc2)SCC(c2ccccc2)=NC1=O. The van der Waals surface area contributed by atoms with Gasteiger partial charge in [0.1, 0.15) is 4.75 Å². The van der Waals surface area contributed by atoms with Gasteiger partial charge in [-0.05, 0) is 17.5 Å². The second-order valence-corrected chi connectivity index (χ2v) is 6.34. The van der Waals surface area contributed by atoms with Crippen LogP contribution >= 0.6 is 11.8 Å². The largest absolute Gasteiger partial charge is 0.271 e. The monoisotopic (exact) mass is 295 g/mol. The Labute approximate surface area is 129 Å². The molecule has 3 rings (SSSR count). The van der Waals surface area contributed by atoms with Gasteiger partial charge < -0.3 is 0 Å². The molecule has 1 aliphatic rings. The van der Waals surface area contributed by atoms with Crippen molar-refractivity contribution in [2.24, 2.45) is 4.99 Å². The van der Waals surface area contributed by atoms with E-state index in [-0.39, 0.29) is 5.91 Å². The summed E-state index contributed by atoms with van der Waals surface area (Å²) in [6.45, 7) is 2.06. The lowest BCUT2D eigenvalue weighted by atomic mass is 9.94. The Kier molecular flexibility index (Phi) is 3.93. The Hall–Kier alpha value is -1.87. The van der Waals surface area contributed by atoms with Crippen molar-refractivity contribution in [1.82, 2.24) is 0 Å². The van der Waals surface area contributed by atoms with Crippen LogP contribution in [0.2, 0.25) is 0 Å². The Balaban J connectivity index is 1.98. The van der Waals surface area contributed by atoms with Gasteiger partial charge in [0.15, 0.2) is 0 Å². The fourth-order valence-electron chi connectivity index (χ4n) is 2.65. The maximum absolute atomic E-state index is 12.7. The van der Waals surface area contributed by atoms with Crippen LogP contribution in [0.3, 0.4) is 0 Å². The van der Waals surface area contributed by atoms with Crippen LogP contribution in [0.5, 0.6) is 0 Å². The zero-order valence-corrected chi connectivity index (χ0v) is 12.8. The summed E-state index contributed by atoms with van der Waals surface area (Å²) in [5.74, 6) is 0.727. The number of benzene rings is 2. The van der Waals surface area contributed by atoms with E-state index in [1.54, 1.807) is 11.8 Å². The van der Waals surface area contributed by atoms with Gasteiger partial charge in [0.25, 0.3) is 5.91 Å². The summed E-state index contributed by atoms with van der Waals surface area (Å²) in [7, 11) is 0. The third-order valence-electron chi connectivity index (χ3n) is 3.88. The van der Waals surface area contributed by atoms with Gasteiger partial charge in [0, 0.05) is 5.75 Å². The summed E-state index contributed by atoms with van der Waals surface area (Å²) in [5.41, 5.74) is 2.97. The van der Waals surface area contributed by atoms with Crippen molar-refractivity contribution < 1.29 is 4.79 Å². The zero-order chi connectivity index (χ0) is 14.7. The van der Waals surface area contributed by atoms with E-state index >= 15 is 0 Å². The highest BCUT2D eigenvalue weighted by atomic mass is 32.2. The van der Waals surface area contributed by atoms with Gasteiger partial charge in [0.05, 0.1) is 5.71 Å². The molecule has 3 heteroatoms. The molecule has 0 fully saturated rings. The maximum Gasteiger partial charge on any atom is 0.266 e. The van der Waals surface area contributed by atoms with E-state index in [0.717, 1.165) is 29.0 Å². The van der Waals surface area contributed by atoms with E-state index < -0.39 is 4.75 Å². The third-order valence-corrected chi connectivity index (χ3v) is 5.49. The number of nitrogens with zero attached hydrogens (tertiary/aromatic N) is 1. The minimum Gasteiger partial charge on any atom is -0.271 e. The molecule has 1 heterocycles. The number of thioether (sulfide) groups is 1. The molecule has 1 aliphatic heterocycles. The number of rotatable bonds is 3. The maximum atomic E-state index is 12.7. The van der Waals surface area contributed by atoms with Crippen LogP contribution in [0, 0.1) is 0 Å². The van der Waals surface area contributed by atoms with Gasteiger partial charge in [0.2, 0.25) is 0 Å². The molecule has 2 aromatic rings. The minimum absolute atomic E-state index is 0.0358. The van der Waals surface area contributed by atoms with Gasteiger partial charge in [-0.25, -0.2) is 4.99 Å². The van der Waals surface area contributed by atoms with Crippen molar-refractivity contribution >= 4 is 23.4 Å². The zero-order valence-electron chi connectivity index (χ0n) is 12.0. The molecule has 0 N–H and O–H groups in total. The van der Waals surface area contributed by atoms with Crippen molar-refractivity contribution in [3.05, 3.63) is 71.8 Å². The number of carbonyl (C=O) groups is 1. The van der Waals surface area contributed by atoms with Gasteiger partial charge in [-0.15, -0.1) is 11.8 Å². The van der Waals surface area contributed by atoms with E-state index in [4.69, 9.17) is 0 Å². The molecule has 1 amide bonds. The summed E-state index contributed by atoms with van der Waals surface area (Å²) in [4.78, 5) is 17.1. The van der Waals surface area contributed by atoms with E-state index in [2.05, 4.69) is 11.9 Å². The normalized spacial score (nSPS) is 22.0. The van der Waals surface area contributed by atoms with Crippen LogP contribution in [0.1, 0.15) is 24.5 Å². The fourth-order valence-corrected chi connectivity index (χ4v) is 3.94. The van der Waals surface area contributed by atoms with Crippen LogP contribution in [-0.2, 0) is 9.54 Å². The highest BCUT2D eigenvalue weighted by Crippen LogP contribution is 2.43. The Bertz CT molecular complexity index is 666. The van der Waals surface area contributed by atoms with Crippen molar-refractivity contribution in [3.8, 4) is 0 Å². The lowest BCUT2D eigenvalue weighted by Gasteiger charge is -2.33. The first-order chi connectivity index (χ1) is 10.3. The van der Waals surface area contributed by atoms with Crippen molar-refractivity contribution in [2.75, 3.05) is 5.75 Å². The minimum atomic E-state index is -0.528. The molecular weight excluding hydrogens is 278 g/mol. The number of hydrogen-bond donors (Lipinski definition) is 0. The van der Waals surface area contributed by atoms with Crippen LogP contribution in [0.15, 0.2) is 65.7 Å². The predicted octanol–water partition coefficient (Wildman–Crippen LogP) is 4.05. The molecule has 0 unspecified atom stereocenters. The van der Waals surface area contributed by atoms with Crippen molar-refractivity contribution in [3.63, 3.8) is 0 Å². The first-order valence-electron chi connectivity index (χ1n) is 7.13. The Morgan fingerprint density at radius 2 is 1.67 bits per heavy atom. The van der Waals surface area contributed by atoms with Crippen LogP contribution in [0.25, 0.3) is 0 Å². The molecule has 0 aliphatic carbocycles. The van der Waals surface area contributed by atoms with Crippen molar-refractivity contribution in [1.29, 1.82) is 0 Å². The number of carbonyl (C=O) groups excluding carboxylic acids is 1. The van der Waals surface area contributed by atoms with E-state index in [9.17, 15) is 4.79 Å². The summed E-state index contributed by atoms with van der Waals surface area (Å²) in [5, 5.41) is 0. The fraction of sp³-hybridized carbons (Fsp3) is 0.222. The number of hydrogen-bond acceptors (Lipinski definition) is 2. The molecule has 21 heavy (non-hydrogen) atoms. The third kappa shape index (κ3) is 2.54. The average Bonchev–Trinajstić information content (AvgIpc) is 2.57. The molecule has 0 spiro atoms. The molecule has 1 atom stereocenters. The lowest BCUT2D eigenvalue weighted by Crippen LogP contribution is -2.36. The molecular formula is C18H17NOS. The highest BCUT2D eigenvalue weighted by Gasteiger charge is 2.42. The average molecular weight is 295 g/mol. The number of aliphatic imine (C=N–C) groups is 1. The molecule has 106 valence electrons. The van der Waals surface area contributed by atoms with E-state index in [1.807, 2.05) is 60.7 Å². The predicted molar refractivity (Wildman–Crippen MR) is 88.9 cm³/mol. The van der Waals surface area contributed by atoms with Crippen molar-refractivity contribution in [2.45, 2.75) is 18.1 Å². The summed E-state index contributed by atoms with van der Waals surface area (Å²) < 4.78 is -0.528. The van der Waals surface area contributed by atoms with Gasteiger partial charge in [-0.1, -0.05) is 67.6 Å². The summed E-state index contributed by atoms with van der Waals surface area (Å²) in [6, 6.07) is 19.9. The molecule has 0 bridgehead atoms. The summed E-state index contributed by atoms with van der Waals surface area (Å²) in [6.07, 6.45) is 0.756. The molecule has 0 saturated heterocycles. The van der Waals surface area contributed by atoms with E-state index in [1.165, 1.54) is 0 Å². The Morgan fingerprint density at radius 3 is 2.24 bits per heavy atom. The van der Waals surface area contributed by atoms with E-state index in [0.29, 0.717) is 0 Å². The van der Waals surface area contributed by atoms with Gasteiger partial charge in [-0.2, -0.15) is 0 Å². The molecule has 0 aromatic heterocycles. The molecule has 2 aromatic carbocycles. The van der Waals surface area contributed by atoms with Crippen LogP contribution in [0.4, 0.5) is 0 Å². The Morgan fingerprint density at radius 1 is 1.05 bits per heavy atom. The number of amides is 1. The topological polar surface area (TPSA) is 29.4 Å². The standard InChI is InChI=1S/C18H17NOS/c1-2-18(15-11-7-4-8-12-15)17(20)19-16(13-21-18)14-9-5-3-6-10-14/h3-12H,2,13H2,1H3/t18-/m0/s1. The first-order valence-corrected chi connectivity index (χ1v) is 8.12. The van der Waals surface area contributed by atoms with Crippen LogP contribution in [-0.4, -0.2) is 17.4 Å². The lowest BCUT2D eigenvalue weighted by molar-refractivity contribution is -0.120. The quantitative estimate of drug-likeness (QED) is 0.854. The van der Waals surface area contributed by atoms with Crippen LogP contribution < -0.4 is 0 Å². The second kappa shape index (κ2) is 5.86. The molecule has 0 saturated carbocycles. The smallest absolute Gasteiger partial charge is 0.266 e.